The number of halogens is 1. The zero-order valence-corrected chi connectivity index (χ0v) is 16.7. The Labute approximate surface area is 171 Å². The molecule has 0 aliphatic carbocycles. The smallest absolute Gasteiger partial charge is 0.251 e. The normalized spacial score (nSPS) is 23.9. The Kier molecular flexibility index (Phi) is 5.17. The molecule has 28 heavy (non-hydrogen) atoms. The standard InChI is InChI=1S/C21H20BrN3O3/c22-15-8-6-14(7-9-15)19(26)23-16-11-18-20(27)24-17(21(28)25(18)12-16)10-13-4-2-1-3-5-13/h1-9,16-18H,10-12H2,(H,23,26)(H,24,27)/t16-,17-,18-/m0/s1. The number of fused-ring (bicyclic) bond motifs is 1. The molecular weight excluding hydrogens is 422 g/mol. The second-order valence-corrected chi connectivity index (χ2v) is 8.09. The van der Waals surface area contributed by atoms with E-state index in [1.54, 1.807) is 29.2 Å². The molecule has 7 heteroatoms. The van der Waals surface area contributed by atoms with Gasteiger partial charge in [-0.3, -0.25) is 14.4 Å². The molecule has 2 N–H and O–H groups in total. The molecule has 0 spiro atoms. The highest BCUT2D eigenvalue weighted by molar-refractivity contribution is 9.10. The monoisotopic (exact) mass is 441 g/mol. The maximum atomic E-state index is 12.9. The van der Waals surface area contributed by atoms with Crippen molar-refractivity contribution in [3.05, 3.63) is 70.2 Å². The molecular formula is C21H20BrN3O3. The summed E-state index contributed by atoms with van der Waals surface area (Å²) < 4.78 is 0.897. The Balaban J connectivity index is 1.42. The van der Waals surface area contributed by atoms with Crippen LogP contribution in [0.25, 0.3) is 0 Å². The van der Waals surface area contributed by atoms with Gasteiger partial charge >= 0.3 is 0 Å². The maximum Gasteiger partial charge on any atom is 0.251 e. The highest BCUT2D eigenvalue weighted by Crippen LogP contribution is 2.24. The van der Waals surface area contributed by atoms with E-state index < -0.39 is 12.1 Å². The molecule has 2 fully saturated rings. The third kappa shape index (κ3) is 3.80. The number of benzene rings is 2. The van der Waals surface area contributed by atoms with Gasteiger partial charge in [-0.25, -0.2) is 0 Å². The van der Waals surface area contributed by atoms with Crippen molar-refractivity contribution in [1.82, 2.24) is 15.5 Å². The minimum absolute atomic E-state index is 0.0890. The van der Waals surface area contributed by atoms with Gasteiger partial charge < -0.3 is 15.5 Å². The zero-order valence-electron chi connectivity index (χ0n) is 15.1. The summed E-state index contributed by atoms with van der Waals surface area (Å²) in [6.45, 7) is 0.352. The molecule has 0 saturated carbocycles. The van der Waals surface area contributed by atoms with E-state index in [2.05, 4.69) is 26.6 Å². The number of nitrogens with one attached hydrogen (secondary N) is 2. The van der Waals surface area contributed by atoms with Crippen LogP contribution in [-0.4, -0.2) is 47.3 Å². The first kappa shape index (κ1) is 18.7. The fourth-order valence-corrected chi connectivity index (χ4v) is 4.08. The SMILES string of the molecule is O=C(N[C@H]1C[C@H]2C(=O)N[C@@H](Cc3ccccc3)C(=O)N2C1)c1ccc(Br)cc1. The Morgan fingerprint density at radius 2 is 1.82 bits per heavy atom. The van der Waals surface area contributed by atoms with E-state index in [-0.39, 0.29) is 23.8 Å². The summed E-state index contributed by atoms with van der Waals surface area (Å²) in [6.07, 6.45) is 0.891. The summed E-state index contributed by atoms with van der Waals surface area (Å²) in [5, 5.41) is 5.80. The highest BCUT2D eigenvalue weighted by atomic mass is 79.9. The predicted molar refractivity (Wildman–Crippen MR) is 108 cm³/mol. The zero-order chi connectivity index (χ0) is 19.7. The lowest BCUT2D eigenvalue weighted by Gasteiger charge is -2.34. The van der Waals surface area contributed by atoms with E-state index in [1.807, 2.05) is 30.3 Å². The van der Waals surface area contributed by atoms with Crippen LogP contribution in [0.2, 0.25) is 0 Å². The molecule has 6 nitrogen and oxygen atoms in total. The molecule has 2 aromatic carbocycles. The van der Waals surface area contributed by atoms with E-state index >= 15 is 0 Å². The van der Waals surface area contributed by atoms with Gasteiger partial charge in [-0.2, -0.15) is 0 Å². The Morgan fingerprint density at radius 1 is 1.11 bits per heavy atom. The van der Waals surface area contributed by atoms with Gasteiger partial charge in [-0.15, -0.1) is 0 Å². The van der Waals surface area contributed by atoms with Gasteiger partial charge in [0.15, 0.2) is 0 Å². The fourth-order valence-electron chi connectivity index (χ4n) is 3.82. The summed E-state index contributed by atoms with van der Waals surface area (Å²) in [6, 6.07) is 15.4. The average Bonchev–Trinajstić information content (AvgIpc) is 3.12. The Bertz CT molecular complexity index is 901. The Hall–Kier alpha value is -2.67. The first-order chi connectivity index (χ1) is 13.5. The second-order valence-electron chi connectivity index (χ2n) is 7.17. The van der Waals surface area contributed by atoms with E-state index in [4.69, 9.17) is 0 Å². The van der Waals surface area contributed by atoms with Crippen molar-refractivity contribution in [3.8, 4) is 0 Å². The van der Waals surface area contributed by atoms with Crippen LogP contribution >= 0.6 is 15.9 Å². The largest absolute Gasteiger partial charge is 0.347 e. The summed E-state index contributed by atoms with van der Waals surface area (Å²) in [7, 11) is 0. The van der Waals surface area contributed by atoms with E-state index in [0.717, 1.165) is 10.0 Å². The predicted octanol–water partition coefficient (Wildman–Crippen LogP) is 1.89. The van der Waals surface area contributed by atoms with Crippen LogP contribution < -0.4 is 10.6 Å². The van der Waals surface area contributed by atoms with Gasteiger partial charge in [0.1, 0.15) is 12.1 Å². The summed E-state index contributed by atoms with van der Waals surface area (Å²) in [5.41, 5.74) is 1.55. The topological polar surface area (TPSA) is 78.5 Å². The van der Waals surface area contributed by atoms with Crippen molar-refractivity contribution in [2.45, 2.75) is 31.0 Å². The number of rotatable bonds is 4. The van der Waals surface area contributed by atoms with Crippen LogP contribution in [0.15, 0.2) is 59.1 Å². The number of piperazine rings is 1. The molecule has 2 heterocycles. The molecule has 2 aliphatic heterocycles. The molecule has 3 atom stereocenters. The number of hydrogen-bond donors (Lipinski definition) is 2. The fraction of sp³-hybridized carbons (Fsp3) is 0.286. The van der Waals surface area contributed by atoms with Crippen LogP contribution in [0.4, 0.5) is 0 Å². The molecule has 2 saturated heterocycles. The van der Waals surface area contributed by atoms with E-state index in [1.165, 1.54) is 0 Å². The van der Waals surface area contributed by atoms with Crippen LogP contribution in [0.3, 0.4) is 0 Å². The first-order valence-corrected chi connectivity index (χ1v) is 10.0. The third-order valence-electron chi connectivity index (χ3n) is 5.23. The van der Waals surface area contributed by atoms with Crippen LogP contribution in [0.1, 0.15) is 22.3 Å². The number of carbonyl (C=O) groups is 3. The quantitative estimate of drug-likeness (QED) is 0.760. The van der Waals surface area contributed by atoms with Crippen molar-refractivity contribution in [2.75, 3.05) is 6.54 Å². The molecule has 3 amide bonds. The summed E-state index contributed by atoms with van der Waals surface area (Å²) >= 11 is 3.35. The van der Waals surface area contributed by atoms with E-state index in [9.17, 15) is 14.4 Å². The molecule has 0 unspecified atom stereocenters. The lowest BCUT2D eigenvalue weighted by Crippen LogP contribution is -2.61. The van der Waals surface area contributed by atoms with Gasteiger partial charge in [-0.05, 0) is 36.2 Å². The van der Waals surface area contributed by atoms with Crippen LogP contribution in [0.5, 0.6) is 0 Å². The minimum atomic E-state index is -0.563. The van der Waals surface area contributed by atoms with Gasteiger partial charge in [0.05, 0.1) is 0 Å². The van der Waals surface area contributed by atoms with Crippen molar-refractivity contribution in [2.24, 2.45) is 0 Å². The summed E-state index contributed by atoms with van der Waals surface area (Å²) in [5.74, 6) is -0.444. The van der Waals surface area contributed by atoms with Crippen molar-refractivity contribution >= 4 is 33.7 Å². The number of nitrogens with zero attached hydrogens (tertiary/aromatic N) is 1. The lowest BCUT2D eigenvalue weighted by molar-refractivity contribution is -0.147. The van der Waals surface area contributed by atoms with Gasteiger partial charge in [0.25, 0.3) is 5.91 Å². The number of amides is 3. The van der Waals surface area contributed by atoms with Crippen LogP contribution in [-0.2, 0) is 16.0 Å². The van der Waals surface area contributed by atoms with Gasteiger partial charge in [0, 0.05) is 29.0 Å². The molecule has 0 bridgehead atoms. The molecule has 4 rings (SSSR count). The van der Waals surface area contributed by atoms with Gasteiger partial charge in [0.2, 0.25) is 11.8 Å². The van der Waals surface area contributed by atoms with Crippen molar-refractivity contribution in [1.29, 1.82) is 0 Å². The molecule has 2 aromatic rings. The molecule has 2 aliphatic rings. The maximum absolute atomic E-state index is 12.9. The number of hydrogen-bond acceptors (Lipinski definition) is 3. The number of carbonyl (C=O) groups excluding carboxylic acids is 3. The van der Waals surface area contributed by atoms with Crippen LogP contribution in [0, 0.1) is 0 Å². The Morgan fingerprint density at radius 3 is 2.54 bits per heavy atom. The molecule has 144 valence electrons. The first-order valence-electron chi connectivity index (χ1n) is 9.22. The third-order valence-corrected chi connectivity index (χ3v) is 5.75. The minimum Gasteiger partial charge on any atom is -0.347 e. The molecule has 0 aromatic heterocycles. The van der Waals surface area contributed by atoms with E-state index in [0.29, 0.717) is 24.9 Å². The van der Waals surface area contributed by atoms with Gasteiger partial charge in [-0.1, -0.05) is 46.3 Å². The second kappa shape index (κ2) is 7.75. The highest BCUT2D eigenvalue weighted by Gasteiger charge is 2.46. The summed E-state index contributed by atoms with van der Waals surface area (Å²) in [4.78, 5) is 39.5. The molecule has 0 radical (unpaired) electrons. The van der Waals surface area contributed by atoms with Crippen molar-refractivity contribution < 1.29 is 14.4 Å². The van der Waals surface area contributed by atoms with Crippen molar-refractivity contribution in [3.63, 3.8) is 0 Å². The lowest BCUT2D eigenvalue weighted by atomic mass is 10.0. The average molecular weight is 442 g/mol.